The number of hydrogen-bond donors (Lipinski definition) is 1. The standard InChI is InChI=1S/C12H15ClN2O/c1-12(2,8-14)15-7-9-4-5-10(16-3)6-11(9)13/h4-6,15H,7H2,1-3H3. The monoisotopic (exact) mass is 238 g/mol. The summed E-state index contributed by atoms with van der Waals surface area (Å²) < 4.78 is 5.06. The summed E-state index contributed by atoms with van der Waals surface area (Å²) in [6.07, 6.45) is 0. The van der Waals surface area contributed by atoms with Gasteiger partial charge in [0, 0.05) is 11.6 Å². The van der Waals surface area contributed by atoms with Crippen LogP contribution in [-0.2, 0) is 6.54 Å². The van der Waals surface area contributed by atoms with E-state index >= 15 is 0 Å². The summed E-state index contributed by atoms with van der Waals surface area (Å²) in [6, 6.07) is 7.68. The average Bonchev–Trinajstić information content (AvgIpc) is 2.27. The molecule has 1 aromatic carbocycles. The number of benzene rings is 1. The molecule has 1 rings (SSSR count). The number of ether oxygens (including phenoxy) is 1. The lowest BCUT2D eigenvalue weighted by atomic mass is 10.1. The van der Waals surface area contributed by atoms with Gasteiger partial charge in [-0.2, -0.15) is 5.26 Å². The Hall–Kier alpha value is -1.24. The molecule has 0 bridgehead atoms. The zero-order valence-corrected chi connectivity index (χ0v) is 10.4. The lowest BCUT2D eigenvalue weighted by Gasteiger charge is -2.18. The first-order valence-electron chi connectivity index (χ1n) is 4.97. The second-order valence-electron chi connectivity index (χ2n) is 4.05. The third-order valence-electron chi connectivity index (χ3n) is 2.26. The van der Waals surface area contributed by atoms with Crippen molar-refractivity contribution in [2.45, 2.75) is 25.9 Å². The molecule has 0 aromatic heterocycles. The molecule has 0 heterocycles. The van der Waals surface area contributed by atoms with Gasteiger partial charge in [0.1, 0.15) is 11.3 Å². The van der Waals surface area contributed by atoms with Gasteiger partial charge >= 0.3 is 0 Å². The van der Waals surface area contributed by atoms with Crippen LogP contribution < -0.4 is 10.1 Å². The lowest BCUT2D eigenvalue weighted by molar-refractivity contribution is 0.414. The molecule has 0 spiro atoms. The van der Waals surface area contributed by atoms with Crippen LogP contribution in [0.2, 0.25) is 5.02 Å². The van der Waals surface area contributed by atoms with Gasteiger partial charge in [-0.1, -0.05) is 17.7 Å². The number of rotatable bonds is 4. The summed E-state index contributed by atoms with van der Waals surface area (Å²) in [4.78, 5) is 0. The number of nitrogens with one attached hydrogen (secondary N) is 1. The van der Waals surface area contributed by atoms with Crippen molar-refractivity contribution in [2.75, 3.05) is 7.11 Å². The molecule has 0 amide bonds. The minimum Gasteiger partial charge on any atom is -0.497 e. The van der Waals surface area contributed by atoms with E-state index in [4.69, 9.17) is 21.6 Å². The molecule has 0 saturated carbocycles. The Morgan fingerprint density at radius 3 is 2.69 bits per heavy atom. The van der Waals surface area contributed by atoms with Gasteiger partial charge in [0.2, 0.25) is 0 Å². The molecule has 1 aromatic rings. The molecule has 0 aliphatic carbocycles. The van der Waals surface area contributed by atoms with E-state index in [1.165, 1.54) is 0 Å². The second-order valence-corrected chi connectivity index (χ2v) is 4.45. The van der Waals surface area contributed by atoms with Crippen LogP contribution in [0.25, 0.3) is 0 Å². The molecule has 0 fully saturated rings. The van der Waals surface area contributed by atoms with Gasteiger partial charge < -0.3 is 4.74 Å². The zero-order chi connectivity index (χ0) is 12.2. The third kappa shape index (κ3) is 3.41. The first-order chi connectivity index (χ1) is 7.48. The van der Waals surface area contributed by atoms with Gasteiger partial charge in [-0.05, 0) is 31.5 Å². The number of nitriles is 1. The van der Waals surface area contributed by atoms with E-state index in [0.717, 1.165) is 11.3 Å². The molecule has 1 N–H and O–H groups in total. The summed E-state index contributed by atoms with van der Waals surface area (Å²) in [6.45, 7) is 4.21. The van der Waals surface area contributed by atoms with E-state index in [0.29, 0.717) is 11.6 Å². The van der Waals surface area contributed by atoms with Crippen molar-refractivity contribution in [3.63, 3.8) is 0 Å². The molecular weight excluding hydrogens is 224 g/mol. The van der Waals surface area contributed by atoms with Gasteiger partial charge in [0.25, 0.3) is 0 Å². The second kappa shape index (κ2) is 5.20. The van der Waals surface area contributed by atoms with E-state index < -0.39 is 5.54 Å². The van der Waals surface area contributed by atoms with Crippen molar-refractivity contribution in [2.24, 2.45) is 0 Å². The molecule has 0 radical (unpaired) electrons. The van der Waals surface area contributed by atoms with Crippen LogP contribution in [0, 0.1) is 11.3 Å². The van der Waals surface area contributed by atoms with Crippen molar-refractivity contribution >= 4 is 11.6 Å². The van der Waals surface area contributed by atoms with Crippen molar-refractivity contribution in [1.82, 2.24) is 5.32 Å². The largest absolute Gasteiger partial charge is 0.497 e. The summed E-state index contributed by atoms with van der Waals surface area (Å²) in [7, 11) is 1.60. The molecule has 0 atom stereocenters. The Balaban J connectivity index is 2.73. The summed E-state index contributed by atoms with van der Waals surface area (Å²) >= 11 is 6.08. The molecule has 0 saturated heterocycles. The van der Waals surface area contributed by atoms with Crippen LogP contribution in [0.1, 0.15) is 19.4 Å². The topological polar surface area (TPSA) is 45.0 Å². The predicted octanol–water partition coefficient (Wildman–Crippen LogP) is 2.74. The normalized spacial score (nSPS) is 10.9. The summed E-state index contributed by atoms with van der Waals surface area (Å²) in [5.41, 5.74) is 0.397. The number of methoxy groups -OCH3 is 1. The fourth-order valence-corrected chi connectivity index (χ4v) is 1.39. The van der Waals surface area contributed by atoms with Crippen LogP contribution in [0.5, 0.6) is 5.75 Å². The third-order valence-corrected chi connectivity index (χ3v) is 2.61. The molecule has 16 heavy (non-hydrogen) atoms. The Bertz CT molecular complexity index is 410. The number of nitrogens with zero attached hydrogens (tertiary/aromatic N) is 1. The Morgan fingerprint density at radius 1 is 1.50 bits per heavy atom. The molecular formula is C12H15ClN2O. The minimum absolute atomic E-state index is 0.552. The van der Waals surface area contributed by atoms with Crippen molar-refractivity contribution in [3.8, 4) is 11.8 Å². The fraction of sp³-hybridized carbons (Fsp3) is 0.417. The highest BCUT2D eigenvalue weighted by Crippen LogP contribution is 2.22. The van der Waals surface area contributed by atoms with Gasteiger partial charge in [-0.25, -0.2) is 0 Å². The average molecular weight is 239 g/mol. The number of hydrogen-bond acceptors (Lipinski definition) is 3. The van der Waals surface area contributed by atoms with Crippen molar-refractivity contribution < 1.29 is 4.74 Å². The van der Waals surface area contributed by atoms with E-state index in [1.54, 1.807) is 13.2 Å². The highest BCUT2D eigenvalue weighted by atomic mass is 35.5. The molecule has 4 heteroatoms. The Labute approximate surface area is 101 Å². The number of halogens is 1. The minimum atomic E-state index is -0.552. The Morgan fingerprint density at radius 2 is 2.19 bits per heavy atom. The highest BCUT2D eigenvalue weighted by Gasteiger charge is 2.15. The first-order valence-corrected chi connectivity index (χ1v) is 5.35. The van der Waals surface area contributed by atoms with Crippen molar-refractivity contribution in [3.05, 3.63) is 28.8 Å². The van der Waals surface area contributed by atoms with Gasteiger partial charge in [-0.3, -0.25) is 5.32 Å². The van der Waals surface area contributed by atoms with Crippen LogP contribution >= 0.6 is 11.6 Å². The predicted molar refractivity (Wildman–Crippen MR) is 64.5 cm³/mol. The summed E-state index contributed by atoms with van der Waals surface area (Å²) in [5.74, 6) is 0.730. The van der Waals surface area contributed by atoms with Gasteiger partial charge in [-0.15, -0.1) is 0 Å². The molecule has 3 nitrogen and oxygen atoms in total. The smallest absolute Gasteiger partial charge is 0.120 e. The van der Waals surface area contributed by atoms with E-state index in [-0.39, 0.29) is 0 Å². The molecule has 0 unspecified atom stereocenters. The molecule has 0 aliphatic rings. The molecule has 86 valence electrons. The SMILES string of the molecule is COc1ccc(CNC(C)(C)C#N)c(Cl)c1. The van der Waals surface area contributed by atoms with Gasteiger partial charge in [0.15, 0.2) is 0 Å². The molecule has 0 aliphatic heterocycles. The van der Waals surface area contributed by atoms with E-state index in [1.807, 2.05) is 26.0 Å². The first kappa shape index (κ1) is 12.8. The zero-order valence-electron chi connectivity index (χ0n) is 9.67. The lowest BCUT2D eigenvalue weighted by Crippen LogP contribution is -2.36. The van der Waals surface area contributed by atoms with Crippen LogP contribution in [-0.4, -0.2) is 12.6 Å². The van der Waals surface area contributed by atoms with Crippen molar-refractivity contribution in [1.29, 1.82) is 5.26 Å². The van der Waals surface area contributed by atoms with Crippen LogP contribution in [0.4, 0.5) is 0 Å². The van der Waals surface area contributed by atoms with Gasteiger partial charge in [0.05, 0.1) is 13.2 Å². The quantitative estimate of drug-likeness (QED) is 0.877. The maximum absolute atomic E-state index is 8.86. The highest BCUT2D eigenvalue weighted by molar-refractivity contribution is 6.31. The van der Waals surface area contributed by atoms with E-state index in [9.17, 15) is 0 Å². The maximum Gasteiger partial charge on any atom is 0.120 e. The van der Waals surface area contributed by atoms with Crippen LogP contribution in [0.3, 0.4) is 0 Å². The summed E-state index contributed by atoms with van der Waals surface area (Å²) in [5, 5.41) is 12.6. The fourth-order valence-electron chi connectivity index (χ4n) is 1.15. The van der Waals surface area contributed by atoms with Crippen LogP contribution in [0.15, 0.2) is 18.2 Å². The maximum atomic E-state index is 8.86. The Kier molecular flexibility index (Phi) is 4.17. The van der Waals surface area contributed by atoms with E-state index in [2.05, 4.69) is 11.4 Å².